The standard InChI is InChI=1S/C22H22F6N2O3S/c23-21(24,25)16-8-12-18(13-9-16)34(32,33)30-17-10-6-15(7-11-17)20(31)29-19(22(26,27)28)14-4-2-1-3-5-14/h1-5,8-9,12-13,15,17,19,30H,6-7,10-11H2,(H,29,31)/t15-,17-,19-/m0/s1. The van der Waals surface area contributed by atoms with Crippen molar-refractivity contribution in [1.29, 1.82) is 0 Å². The third-order valence-corrected chi connectivity index (χ3v) is 7.19. The van der Waals surface area contributed by atoms with Crippen LogP contribution in [0.15, 0.2) is 59.5 Å². The lowest BCUT2D eigenvalue weighted by molar-refractivity contribution is -0.165. The molecular formula is C22H22F6N2O3S. The van der Waals surface area contributed by atoms with Crippen molar-refractivity contribution in [2.75, 3.05) is 0 Å². The van der Waals surface area contributed by atoms with Crippen molar-refractivity contribution in [1.82, 2.24) is 10.0 Å². The van der Waals surface area contributed by atoms with E-state index in [9.17, 15) is 39.6 Å². The van der Waals surface area contributed by atoms with E-state index < -0.39 is 51.8 Å². The highest BCUT2D eigenvalue weighted by Gasteiger charge is 2.43. The molecule has 1 atom stereocenters. The SMILES string of the molecule is O=C(N[C@@H](c1ccccc1)C(F)(F)F)[C@H]1CC[C@H](NS(=O)(=O)c2ccc(C(F)(F)F)cc2)CC1. The largest absolute Gasteiger partial charge is 0.416 e. The molecule has 2 N–H and O–H groups in total. The Balaban J connectivity index is 1.58. The maximum atomic E-state index is 13.5. The smallest absolute Gasteiger partial charge is 0.341 e. The van der Waals surface area contributed by atoms with Crippen molar-refractivity contribution < 1.29 is 39.6 Å². The van der Waals surface area contributed by atoms with E-state index >= 15 is 0 Å². The molecule has 12 heteroatoms. The number of alkyl halides is 6. The van der Waals surface area contributed by atoms with Gasteiger partial charge in [-0.25, -0.2) is 13.1 Å². The van der Waals surface area contributed by atoms with Gasteiger partial charge in [0, 0.05) is 12.0 Å². The maximum Gasteiger partial charge on any atom is 0.416 e. The molecule has 2 aromatic rings. The van der Waals surface area contributed by atoms with Crippen LogP contribution in [0.2, 0.25) is 0 Å². The van der Waals surface area contributed by atoms with Crippen LogP contribution in [0, 0.1) is 5.92 Å². The summed E-state index contributed by atoms with van der Waals surface area (Å²) in [6.45, 7) is 0. The first kappa shape index (κ1) is 26.0. The van der Waals surface area contributed by atoms with E-state index in [1.807, 2.05) is 0 Å². The second kappa shape index (κ2) is 9.95. The van der Waals surface area contributed by atoms with E-state index in [2.05, 4.69) is 10.0 Å². The highest BCUT2D eigenvalue weighted by molar-refractivity contribution is 7.89. The summed E-state index contributed by atoms with van der Waals surface area (Å²) in [6.07, 6.45) is -8.58. The van der Waals surface area contributed by atoms with Gasteiger partial charge in [-0.2, -0.15) is 26.3 Å². The summed E-state index contributed by atoms with van der Waals surface area (Å²) in [6, 6.07) is 7.27. The molecule has 0 radical (unpaired) electrons. The Labute approximate surface area is 192 Å². The van der Waals surface area contributed by atoms with Crippen molar-refractivity contribution in [3.63, 3.8) is 0 Å². The molecular weight excluding hydrogens is 486 g/mol. The zero-order valence-corrected chi connectivity index (χ0v) is 18.5. The number of hydrogen-bond acceptors (Lipinski definition) is 3. The first-order valence-electron chi connectivity index (χ1n) is 10.4. The summed E-state index contributed by atoms with van der Waals surface area (Å²) >= 11 is 0. The Kier molecular flexibility index (Phi) is 7.61. The monoisotopic (exact) mass is 508 g/mol. The molecule has 0 unspecified atom stereocenters. The fourth-order valence-electron chi connectivity index (χ4n) is 3.84. The van der Waals surface area contributed by atoms with E-state index in [0.717, 1.165) is 12.1 Å². The highest BCUT2D eigenvalue weighted by Crippen LogP contribution is 2.34. The van der Waals surface area contributed by atoms with E-state index in [4.69, 9.17) is 0 Å². The molecule has 1 aliphatic carbocycles. The first-order valence-corrected chi connectivity index (χ1v) is 11.9. The van der Waals surface area contributed by atoms with Crippen LogP contribution in [-0.2, 0) is 21.0 Å². The Morgan fingerprint density at radius 2 is 1.41 bits per heavy atom. The van der Waals surface area contributed by atoms with Crippen LogP contribution in [-0.4, -0.2) is 26.5 Å². The van der Waals surface area contributed by atoms with Crippen molar-refractivity contribution in [2.45, 2.75) is 55.0 Å². The Morgan fingerprint density at radius 3 is 1.91 bits per heavy atom. The predicted molar refractivity (Wildman–Crippen MR) is 111 cm³/mol. The Morgan fingerprint density at radius 1 is 0.853 bits per heavy atom. The quantitative estimate of drug-likeness (QED) is 0.542. The van der Waals surface area contributed by atoms with Crippen LogP contribution in [0.4, 0.5) is 26.3 Å². The molecule has 3 rings (SSSR count). The molecule has 0 aromatic heterocycles. The van der Waals surface area contributed by atoms with Gasteiger partial charge in [0.2, 0.25) is 15.9 Å². The third kappa shape index (κ3) is 6.50. The lowest BCUT2D eigenvalue weighted by Crippen LogP contribution is -2.44. The molecule has 1 saturated carbocycles. The van der Waals surface area contributed by atoms with Crippen molar-refractivity contribution >= 4 is 15.9 Å². The zero-order valence-electron chi connectivity index (χ0n) is 17.7. The van der Waals surface area contributed by atoms with E-state index in [1.54, 1.807) is 6.07 Å². The molecule has 0 saturated heterocycles. The minimum atomic E-state index is -4.69. The highest BCUT2D eigenvalue weighted by atomic mass is 32.2. The minimum Gasteiger partial charge on any atom is -0.341 e. The number of benzene rings is 2. The molecule has 5 nitrogen and oxygen atoms in total. The van der Waals surface area contributed by atoms with Crippen molar-refractivity contribution in [2.24, 2.45) is 5.92 Å². The lowest BCUT2D eigenvalue weighted by atomic mass is 9.85. The predicted octanol–water partition coefficient (Wildman–Crippen LogP) is 4.96. The summed E-state index contributed by atoms with van der Waals surface area (Å²) in [5.74, 6) is -1.49. The fourth-order valence-corrected chi connectivity index (χ4v) is 5.15. The number of nitrogens with one attached hydrogen (secondary N) is 2. The summed E-state index contributed by atoms with van der Waals surface area (Å²) < 4.78 is 106. The van der Waals surface area contributed by atoms with E-state index in [-0.39, 0.29) is 36.1 Å². The number of sulfonamides is 1. The van der Waals surface area contributed by atoms with Crippen LogP contribution in [0.5, 0.6) is 0 Å². The van der Waals surface area contributed by atoms with Gasteiger partial charge in [-0.1, -0.05) is 30.3 Å². The van der Waals surface area contributed by atoms with Crippen LogP contribution >= 0.6 is 0 Å². The van der Waals surface area contributed by atoms with Gasteiger partial charge in [0.25, 0.3) is 0 Å². The number of hydrogen-bond donors (Lipinski definition) is 2. The Bertz CT molecular complexity index is 1080. The van der Waals surface area contributed by atoms with E-state index in [1.165, 1.54) is 24.3 Å². The zero-order chi connectivity index (χ0) is 25.1. The molecule has 0 heterocycles. The minimum absolute atomic E-state index is 0.0960. The molecule has 34 heavy (non-hydrogen) atoms. The van der Waals surface area contributed by atoms with Gasteiger partial charge in [0.15, 0.2) is 6.04 Å². The van der Waals surface area contributed by atoms with Gasteiger partial charge >= 0.3 is 12.4 Å². The summed E-state index contributed by atoms with van der Waals surface area (Å²) in [7, 11) is -4.10. The Hall–Kier alpha value is -2.60. The fraction of sp³-hybridized carbons (Fsp3) is 0.409. The molecule has 186 valence electrons. The van der Waals surface area contributed by atoms with Gasteiger partial charge in [-0.15, -0.1) is 0 Å². The van der Waals surface area contributed by atoms with Crippen LogP contribution < -0.4 is 10.0 Å². The van der Waals surface area contributed by atoms with Gasteiger partial charge in [-0.05, 0) is 55.5 Å². The van der Waals surface area contributed by atoms with Gasteiger partial charge in [-0.3, -0.25) is 4.79 Å². The summed E-state index contributed by atoms with van der Waals surface area (Å²) in [4.78, 5) is 12.2. The van der Waals surface area contributed by atoms with Crippen molar-refractivity contribution in [3.8, 4) is 0 Å². The molecule has 0 spiro atoms. The van der Waals surface area contributed by atoms with Gasteiger partial charge < -0.3 is 5.32 Å². The molecule has 1 fully saturated rings. The van der Waals surface area contributed by atoms with Crippen LogP contribution in [0.25, 0.3) is 0 Å². The third-order valence-electron chi connectivity index (χ3n) is 5.66. The van der Waals surface area contributed by atoms with Crippen LogP contribution in [0.3, 0.4) is 0 Å². The maximum absolute atomic E-state index is 13.5. The van der Waals surface area contributed by atoms with Gasteiger partial charge in [0.05, 0.1) is 10.5 Å². The molecule has 1 amide bonds. The molecule has 2 aromatic carbocycles. The lowest BCUT2D eigenvalue weighted by Gasteiger charge is -2.30. The first-order chi connectivity index (χ1) is 15.8. The molecule has 0 aliphatic heterocycles. The number of carbonyl (C=O) groups excluding carboxylic acids is 1. The van der Waals surface area contributed by atoms with Crippen LogP contribution in [0.1, 0.15) is 42.9 Å². The number of amides is 1. The van der Waals surface area contributed by atoms with Gasteiger partial charge in [0.1, 0.15) is 0 Å². The van der Waals surface area contributed by atoms with Crippen molar-refractivity contribution in [3.05, 3.63) is 65.7 Å². The normalized spacial score (nSPS) is 20.5. The second-order valence-corrected chi connectivity index (χ2v) is 9.80. The number of rotatable bonds is 6. The molecule has 1 aliphatic rings. The topological polar surface area (TPSA) is 75.3 Å². The summed E-state index contributed by atoms with van der Waals surface area (Å²) in [5, 5.41) is 2.05. The number of halogens is 6. The average Bonchev–Trinajstić information content (AvgIpc) is 2.77. The van der Waals surface area contributed by atoms with E-state index in [0.29, 0.717) is 12.1 Å². The summed E-state index contributed by atoms with van der Waals surface area (Å²) in [5.41, 5.74) is -1.08. The average molecular weight is 508 g/mol. The molecule has 0 bridgehead atoms. The second-order valence-electron chi connectivity index (χ2n) is 8.09. The number of carbonyl (C=O) groups is 1.